The van der Waals surface area contributed by atoms with E-state index in [4.69, 9.17) is 22.4 Å². The Bertz CT molecular complexity index is 770. The molecule has 0 radical (unpaired) electrons. The molecule has 3 rings (SSSR count). The summed E-state index contributed by atoms with van der Waals surface area (Å²) in [5, 5.41) is 29.8. The highest BCUT2D eigenvalue weighted by Crippen LogP contribution is 2.42. The van der Waals surface area contributed by atoms with Gasteiger partial charge in [-0.3, -0.25) is 5.43 Å². The Morgan fingerprint density at radius 1 is 1.48 bits per heavy atom. The molecule has 1 aliphatic heterocycles. The number of furan rings is 1. The van der Waals surface area contributed by atoms with Crippen LogP contribution in [0.2, 0.25) is 0 Å². The first-order valence-electron chi connectivity index (χ1n) is 8.24. The van der Waals surface area contributed by atoms with Crippen LogP contribution in [0.1, 0.15) is 51.1 Å². The summed E-state index contributed by atoms with van der Waals surface area (Å²) >= 11 is 4.81. The minimum Gasteiger partial charge on any atom is -0.622 e. The lowest BCUT2D eigenvalue weighted by Crippen LogP contribution is -2.61. The Balaban J connectivity index is 2.18. The molecule has 1 aromatic rings. The van der Waals surface area contributed by atoms with Crippen molar-refractivity contribution in [3.63, 3.8) is 0 Å². The highest BCUT2D eigenvalue weighted by atomic mass is 32.1. The van der Waals surface area contributed by atoms with Gasteiger partial charge < -0.3 is 20.6 Å². The first-order chi connectivity index (χ1) is 11.7. The van der Waals surface area contributed by atoms with Gasteiger partial charge in [-0.15, -0.1) is 5.06 Å². The van der Waals surface area contributed by atoms with Crippen molar-refractivity contribution in [3.05, 3.63) is 28.9 Å². The molecule has 2 aliphatic rings. The van der Waals surface area contributed by atoms with E-state index < -0.39 is 11.2 Å². The smallest absolute Gasteiger partial charge is 0.292 e. The predicted octanol–water partition coefficient (Wildman–Crippen LogP) is 1.83. The van der Waals surface area contributed by atoms with E-state index >= 15 is 0 Å². The first kappa shape index (κ1) is 17.8. The van der Waals surface area contributed by atoms with Crippen molar-refractivity contribution in [2.24, 2.45) is 10.8 Å². The van der Waals surface area contributed by atoms with Crippen molar-refractivity contribution in [2.75, 3.05) is 0 Å². The van der Waals surface area contributed by atoms with E-state index in [9.17, 15) is 10.4 Å². The lowest BCUT2D eigenvalue weighted by molar-refractivity contribution is -0.568. The summed E-state index contributed by atoms with van der Waals surface area (Å²) in [6, 6.07) is 3.54. The van der Waals surface area contributed by atoms with Crippen molar-refractivity contribution in [1.29, 1.82) is 0 Å². The number of nitrogens with zero attached hydrogens (tertiary/aromatic N) is 3. The molecule has 0 bridgehead atoms. The topological polar surface area (TPSA) is 113 Å². The minimum absolute atomic E-state index is 0.0123. The van der Waals surface area contributed by atoms with Crippen LogP contribution in [0.4, 0.5) is 0 Å². The molecule has 0 aromatic carbocycles. The average molecular weight is 365 g/mol. The van der Waals surface area contributed by atoms with E-state index in [0.717, 1.165) is 22.6 Å². The molecule has 9 heteroatoms. The van der Waals surface area contributed by atoms with Gasteiger partial charge in [0.15, 0.2) is 10.9 Å². The van der Waals surface area contributed by atoms with Gasteiger partial charge in [0.25, 0.3) is 11.4 Å². The molecule has 1 atom stereocenters. The Morgan fingerprint density at radius 3 is 2.80 bits per heavy atom. The summed E-state index contributed by atoms with van der Waals surface area (Å²) in [6.07, 6.45) is 2.67. The molecule has 4 N–H and O–H groups in total. The molecule has 8 nitrogen and oxygen atoms in total. The number of hydrazone groups is 1. The van der Waals surface area contributed by atoms with Crippen LogP contribution in [0.15, 0.2) is 21.7 Å². The third-order valence-electron chi connectivity index (χ3n) is 4.92. The van der Waals surface area contributed by atoms with Crippen molar-refractivity contribution >= 4 is 28.8 Å². The molecule has 0 unspecified atom stereocenters. The largest absolute Gasteiger partial charge is 0.622 e. The molecule has 1 saturated carbocycles. The molecular formula is C16H23N5O3S. The van der Waals surface area contributed by atoms with Crippen LogP contribution in [0.3, 0.4) is 0 Å². The summed E-state index contributed by atoms with van der Waals surface area (Å²) in [4.78, 5) is 0. The predicted molar refractivity (Wildman–Crippen MR) is 97.4 cm³/mol. The number of hydroxylamine groups is 3. The highest BCUT2D eigenvalue weighted by molar-refractivity contribution is 7.80. The number of hydrogen-bond acceptors (Lipinski definition) is 6. The summed E-state index contributed by atoms with van der Waals surface area (Å²) in [7, 11) is 0. The molecule has 1 aromatic heterocycles. The maximum absolute atomic E-state index is 13.4. The number of thiocarbonyl (C=S) groups is 1. The monoisotopic (exact) mass is 365 g/mol. The van der Waals surface area contributed by atoms with Crippen LogP contribution in [0.25, 0.3) is 0 Å². The van der Waals surface area contributed by atoms with Crippen molar-refractivity contribution in [3.8, 4) is 0 Å². The van der Waals surface area contributed by atoms with E-state index in [-0.39, 0.29) is 5.11 Å². The number of rotatable bonds is 2. The van der Waals surface area contributed by atoms with Crippen LogP contribution in [-0.2, 0) is 0 Å². The maximum Gasteiger partial charge on any atom is 0.292 e. The molecule has 136 valence electrons. The molecule has 0 saturated heterocycles. The summed E-state index contributed by atoms with van der Waals surface area (Å²) in [5.41, 5.74) is 6.65. The van der Waals surface area contributed by atoms with Crippen LogP contribution < -0.4 is 11.2 Å². The van der Waals surface area contributed by atoms with Crippen molar-refractivity contribution in [2.45, 2.75) is 57.7 Å². The van der Waals surface area contributed by atoms with E-state index in [1.165, 1.54) is 0 Å². The van der Waals surface area contributed by atoms with Gasteiger partial charge >= 0.3 is 0 Å². The molecule has 1 fully saturated rings. The normalized spacial score (nSPS) is 28.1. The summed E-state index contributed by atoms with van der Waals surface area (Å²) in [5.74, 6) is 1.14. The van der Waals surface area contributed by atoms with Gasteiger partial charge in [0, 0.05) is 6.42 Å². The van der Waals surface area contributed by atoms with Gasteiger partial charge in [-0.2, -0.15) is 9.84 Å². The third-order valence-corrected chi connectivity index (χ3v) is 5.02. The zero-order valence-corrected chi connectivity index (χ0v) is 15.4. The van der Waals surface area contributed by atoms with E-state index in [1.807, 2.05) is 6.92 Å². The second-order valence-electron chi connectivity index (χ2n) is 6.98. The van der Waals surface area contributed by atoms with Crippen molar-refractivity contribution < 1.29 is 14.4 Å². The van der Waals surface area contributed by atoms with Gasteiger partial charge in [-0.1, -0.05) is 0 Å². The van der Waals surface area contributed by atoms with Gasteiger partial charge in [0.05, 0.1) is 0 Å². The fourth-order valence-corrected chi connectivity index (χ4v) is 3.81. The quantitative estimate of drug-likeness (QED) is 0.317. The van der Waals surface area contributed by atoms with Crippen LogP contribution in [0.5, 0.6) is 0 Å². The zero-order chi connectivity index (χ0) is 18.4. The van der Waals surface area contributed by atoms with Crippen LogP contribution >= 0.6 is 12.2 Å². The lowest BCUT2D eigenvalue weighted by Gasteiger charge is -2.38. The second kappa shape index (κ2) is 6.08. The highest BCUT2D eigenvalue weighted by Gasteiger charge is 2.66. The van der Waals surface area contributed by atoms with Gasteiger partial charge in [0.2, 0.25) is 0 Å². The Hall–Kier alpha value is -1.97. The summed E-state index contributed by atoms with van der Waals surface area (Å²) in [6.45, 7) is 5.38. The van der Waals surface area contributed by atoms with Crippen LogP contribution in [0, 0.1) is 12.1 Å². The maximum atomic E-state index is 13.4. The number of nitrogens with two attached hydrogens (primary N) is 1. The fourth-order valence-electron chi connectivity index (χ4n) is 3.77. The molecule has 2 heterocycles. The molecule has 1 aliphatic carbocycles. The Morgan fingerprint density at radius 2 is 2.20 bits per heavy atom. The molecule has 0 amide bonds. The number of nitrogens with one attached hydrogen (secondary N) is 1. The van der Waals surface area contributed by atoms with E-state index in [2.05, 4.69) is 10.5 Å². The van der Waals surface area contributed by atoms with Crippen molar-refractivity contribution in [1.82, 2.24) is 10.5 Å². The summed E-state index contributed by atoms with van der Waals surface area (Å²) < 4.78 is 6.51. The number of aryl methyl sites for hydroxylation is 1. The molecule has 25 heavy (non-hydrogen) atoms. The molecular weight excluding hydrogens is 342 g/mol. The van der Waals surface area contributed by atoms with E-state index in [1.54, 1.807) is 26.0 Å². The van der Waals surface area contributed by atoms with Gasteiger partial charge in [0.1, 0.15) is 17.0 Å². The van der Waals surface area contributed by atoms with Gasteiger partial charge in [-0.25, -0.2) is 0 Å². The van der Waals surface area contributed by atoms with E-state index in [0.29, 0.717) is 35.8 Å². The Kier molecular flexibility index (Phi) is 4.34. The SMILES string of the molecule is Cc1ccc(C2=[N+]([O-])[C@]3(CCCC/C3=N/NC(N)=S)N(O)C2(C)C)o1. The lowest BCUT2D eigenvalue weighted by atomic mass is 9.86. The standard InChI is InChI=1S/C16H23N5O3S/c1-10-7-8-11(24-10)13-15(2,3)21(23)16(20(13)22)9-5-4-6-12(16)18-19-14(17)25/h7-8,23H,4-6,9H2,1-3H3,(H3,17,19,25)/b18-12-/t16-/m1/s1. The first-order valence-corrected chi connectivity index (χ1v) is 8.65. The Labute approximate surface area is 151 Å². The zero-order valence-electron chi connectivity index (χ0n) is 14.6. The minimum atomic E-state index is -1.30. The molecule has 1 spiro atoms. The van der Waals surface area contributed by atoms with Gasteiger partial charge in [-0.05, 0) is 64.4 Å². The number of hydrogen-bond donors (Lipinski definition) is 3. The fraction of sp³-hybridized carbons (Fsp3) is 0.562. The second-order valence-corrected chi connectivity index (χ2v) is 7.42. The third kappa shape index (κ3) is 2.62. The van der Waals surface area contributed by atoms with Crippen LogP contribution in [-0.4, -0.2) is 42.7 Å². The average Bonchev–Trinajstić information content (AvgIpc) is 3.02.